The molecule has 4 nitrogen and oxygen atoms in total. The highest BCUT2D eigenvalue weighted by atomic mass is 16.5. The highest BCUT2D eigenvalue weighted by Crippen LogP contribution is 2.21. The first-order valence-electron chi connectivity index (χ1n) is 6.11. The van der Waals surface area contributed by atoms with Gasteiger partial charge in [0.1, 0.15) is 0 Å². The van der Waals surface area contributed by atoms with Crippen LogP contribution in [-0.2, 0) is 9.53 Å². The van der Waals surface area contributed by atoms with Gasteiger partial charge in [-0.25, -0.2) is 0 Å². The molecule has 4 heteroatoms. The fourth-order valence-electron chi connectivity index (χ4n) is 2.21. The fourth-order valence-corrected chi connectivity index (χ4v) is 2.21. The normalized spacial score (nSPS) is 27.1. The number of ether oxygens (including phenoxy) is 1. The van der Waals surface area contributed by atoms with Crippen molar-refractivity contribution in [2.75, 3.05) is 7.11 Å². The minimum Gasteiger partial charge on any atom is -0.381 e. The van der Waals surface area contributed by atoms with Gasteiger partial charge in [-0.05, 0) is 31.6 Å². The van der Waals surface area contributed by atoms with Gasteiger partial charge in [-0.1, -0.05) is 13.8 Å². The maximum Gasteiger partial charge on any atom is 0.237 e. The predicted octanol–water partition coefficient (Wildman–Crippen LogP) is 1.04. The Hall–Kier alpha value is -0.610. The van der Waals surface area contributed by atoms with Crippen LogP contribution >= 0.6 is 0 Å². The van der Waals surface area contributed by atoms with Crippen molar-refractivity contribution < 1.29 is 9.53 Å². The number of hydrogen-bond donors (Lipinski definition) is 2. The van der Waals surface area contributed by atoms with Crippen molar-refractivity contribution >= 4 is 5.91 Å². The number of carbonyl (C=O) groups is 1. The van der Waals surface area contributed by atoms with E-state index in [-0.39, 0.29) is 18.0 Å². The van der Waals surface area contributed by atoms with Gasteiger partial charge < -0.3 is 15.8 Å². The van der Waals surface area contributed by atoms with Crippen molar-refractivity contribution in [2.45, 2.75) is 57.7 Å². The van der Waals surface area contributed by atoms with Crippen LogP contribution in [-0.4, -0.2) is 31.2 Å². The van der Waals surface area contributed by atoms with E-state index in [2.05, 4.69) is 19.2 Å². The van der Waals surface area contributed by atoms with E-state index in [0.717, 1.165) is 25.7 Å². The lowest BCUT2D eigenvalue weighted by atomic mass is 10.0. The highest BCUT2D eigenvalue weighted by molar-refractivity contribution is 5.81. The number of nitrogens with one attached hydrogen (secondary N) is 1. The van der Waals surface area contributed by atoms with Crippen LogP contribution in [0.1, 0.15) is 39.5 Å². The Morgan fingerprint density at radius 3 is 2.69 bits per heavy atom. The van der Waals surface area contributed by atoms with Crippen LogP contribution in [0, 0.1) is 5.92 Å². The molecule has 1 amide bonds. The molecule has 16 heavy (non-hydrogen) atoms. The molecule has 0 bridgehead atoms. The van der Waals surface area contributed by atoms with Crippen molar-refractivity contribution in [3.8, 4) is 0 Å². The summed E-state index contributed by atoms with van der Waals surface area (Å²) in [5, 5.41) is 3.00. The van der Waals surface area contributed by atoms with Gasteiger partial charge in [0, 0.05) is 13.2 Å². The van der Waals surface area contributed by atoms with Gasteiger partial charge in [-0.3, -0.25) is 4.79 Å². The second-order valence-electron chi connectivity index (χ2n) is 5.11. The molecule has 0 spiro atoms. The predicted molar refractivity (Wildman–Crippen MR) is 64.0 cm³/mol. The molecule has 0 aromatic heterocycles. The standard InChI is InChI=1S/C12H24N2O2/c1-8(2)6-11(13)12(15)14-9-4-5-10(7-9)16-3/h8-11H,4-7,13H2,1-3H3,(H,14,15)/t9?,10?,11-/m0/s1. The molecule has 0 heterocycles. The lowest BCUT2D eigenvalue weighted by molar-refractivity contribution is -0.123. The van der Waals surface area contributed by atoms with Crippen LogP contribution in [0.25, 0.3) is 0 Å². The molecule has 0 radical (unpaired) electrons. The molecule has 0 aromatic rings. The van der Waals surface area contributed by atoms with E-state index in [1.54, 1.807) is 7.11 Å². The maximum atomic E-state index is 11.8. The minimum absolute atomic E-state index is 0.0181. The summed E-state index contributed by atoms with van der Waals surface area (Å²) in [5.41, 5.74) is 5.82. The summed E-state index contributed by atoms with van der Waals surface area (Å²) >= 11 is 0. The second-order valence-corrected chi connectivity index (χ2v) is 5.11. The average molecular weight is 228 g/mol. The Morgan fingerprint density at radius 1 is 1.50 bits per heavy atom. The number of nitrogens with two attached hydrogens (primary N) is 1. The molecule has 1 rings (SSSR count). The summed E-state index contributed by atoms with van der Waals surface area (Å²) in [6.45, 7) is 4.15. The Balaban J connectivity index is 2.29. The molecule has 3 atom stereocenters. The molecule has 1 saturated carbocycles. The van der Waals surface area contributed by atoms with E-state index in [4.69, 9.17) is 10.5 Å². The first-order chi connectivity index (χ1) is 7.52. The van der Waals surface area contributed by atoms with E-state index < -0.39 is 0 Å². The quantitative estimate of drug-likeness (QED) is 0.739. The van der Waals surface area contributed by atoms with E-state index in [1.165, 1.54) is 0 Å². The van der Waals surface area contributed by atoms with E-state index in [1.807, 2.05) is 0 Å². The summed E-state index contributed by atoms with van der Waals surface area (Å²) in [6.07, 6.45) is 3.98. The number of methoxy groups -OCH3 is 1. The summed E-state index contributed by atoms with van der Waals surface area (Å²) in [6, 6.07) is -0.128. The third-order valence-electron chi connectivity index (χ3n) is 3.13. The summed E-state index contributed by atoms with van der Waals surface area (Å²) in [4.78, 5) is 11.8. The Bertz CT molecular complexity index is 231. The van der Waals surface area contributed by atoms with Crippen molar-refractivity contribution in [2.24, 2.45) is 11.7 Å². The topological polar surface area (TPSA) is 64.3 Å². The van der Waals surface area contributed by atoms with Crippen LogP contribution in [0.15, 0.2) is 0 Å². The molecule has 1 fully saturated rings. The first kappa shape index (κ1) is 13.5. The van der Waals surface area contributed by atoms with Crippen molar-refractivity contribution in [1.29, 1.82) is 0 Å². The lowest BCUT2D eigenvalue weighted by Gasteiger charge is -2.18. The molecule has 0 aliphatic heterocycles. The molecule has 0 aromatic carbocycles. The van der Waals surface area contributed by atoms with Crippen LogP contribution in [0.3, 0.4) is 0 Å². The third kappa shape index (κ3) is 4.10. The van der Waals surface area contributed by atoms with Crippen LogP contribution in [0.4, 0.5) is 0 Å². The minimum atomic E-state index is -0.374. The SMILES string of the molecule is COC1CCC(NC(=O)[C@@H](N)CC(C)C)C1. The number of carbonyl (C=O) groups excluding carboxylic acids is 1. The number of rotatable bonds is 5. The summed E-state index contributed by atoms with van der Waals surface area (Å²) < 4.78 is 5.27. The highest BCUT2D eigenvalue weighted by Gasteiger charge is 2.27. The number of hydrogen-bond acceptors (Lipinski definition) is 3. The maximum absolute atomic E-state index is 11.8. The Kier molecular flexibility index (Phi) is 5.22. The van der Waals surface area contributed by atoms with Gasteiger partial charge in [0.2, 0.25) is 5.91 Å². The van der Waals surface area contributed by atoms with Crippen molar-refractivity contribution in [1.82, 2.24) is 5.32 Å². The van der Waals surface area contributed by atoms with E-state index >= 15 is 0 Å². The molecular formula is C12H24N2O2. The molecule has 1 aliphatic rings. The Labute approximate surface area is 97.9 Å². The molecular weight excluding hydrogens is 204 g/mol. The Morgan fingerprint density at radius 2 is 2.19 bits per heavy atom. The van der Waals surface area contributed by atoms with Gasteiger partial charge in [-0.2, -0.15) is 0 Å². The van der Waals surface area contributed by atoms with Crippen molar-refractivity contribution in [3.63, 3.8) is 0 Å². The zero-order valence-electron chi connectivity index (χ0n) is 10.5. The van der Waals surface area contributed by atoms with Crippen LogP contribution in [0.2, 0.25) is 0 Å². The molecule has 2 unspecified atom stereocenters. The van der Waals surface area contributed by atoms with E-state index in [9.17, 15) is 4.79 Å². The molecule has 94 valence electrons. The van der Waals surface area contributed by atoms with Gasteiger partial charge in [0.25, 0.3) is 0 Å². The second kappa shape index (κ2) is 6.21. The smallest absolute Gasteiger partial charge is 0.237 e. The van der Waals surface area contributed by atoms with E-state index in [0.29, 0.717) is 12.0 Å². The molecule has 1 aliphatic carbocycles. The van der Waals surface area contributed by atoms with Crippen LogP contribution in [0.5, 0.6) is 0 Å². The van der Waals surface area contributed by atoms with Gasteiger partial charge in [0.15, 0.2) is 0 Å². The fraction of sp³-hybridized carbons (Fsp3) is 0.917. The molecule has 0 saturated heterocycles. The number of amides is 1. The van der Waals surface area contributed by atoms with Gasteiger partial charge in [-0.15, -0.1) is 0 Å². The monoisotopic (exact) mass is 228 g/mol. The summed E-state index contributed by atoms with van der Waals surface area (Å²) in [7, 11) is 1.72. The van der Waals surface area contributed by atoms with Gasteiger partial charge >= 0.3 is 0 Å². The summed E-state index contributed by atoms with van der Waals surface area (Å²) in [5.74, 6) is 0.437. The lowest BCUT2D eigenvalue weighted by Crippen LogP contribution is -2.45. The van der Waals surface area contributed by atoms with Crippen molar-refractivity contribution in [3.05, 3.63) is 0 Å². The first-order valence-corrected chi connectivity index (χ1v) is 6.11. The largest absolute Gasteiger partial charge is 0.381 e. The third-order valence-corrected chi connectivity index (χ3v) is 3.13. The van der Waals surface area contributed by atoms with Gasteiger partial charge in [0.05, 0.1) is 12.1 Å². The molecule has 3 N–H and O–H groups in total. The zero-order valence-corrected chi connectivity index (χ0v) is 10.5. The zero-order chi connectivity index (χ0) is 12.1. The average Bonchev–Trinajstić information content (AvgIpc) is 2.64. The van der Waals surface area contributed by atoms with Crippen LogP contribution < -0.4 is 11.1 Å².